The van der Waals surface area contributed by atoms with Crippen molar-refractivity contribution >= 4 is 12.2 Å². The van der Waals surface area contributed by atoms with Crippen molar-refractivity contribution in [1.29, 1.82) is 0 Å². The van der Waals surface area contributed by atoms with E-state index in [1.54, 1.807) is 0 Å². The lowest BCUT2D eigenvalue weighted by Crippen LogP contribution is -1.98. The highest BCUT2D eigenvalue weighted by Crippen LogP contribution is 2.37. The molecule has 1 N–H and O–H groups in total. The molecule has 1 aliphatic heterocycles. The lowest BCUT2D eigenvalue weighted by Gasteiger charge is -2.11. The zero-order chi connectivity index (χ0) is 12.7. The molecule has 0 aliphatic carbocycles. The van der Waals surface area contributed by atoms with Crippen LogP contribution in [-0.4, -0.2) is 16.8 Å². The number of fused-ring (bicyclic) bond motifs is 1. The van der Waals surface area contributed by atoms with E-state index < -0.39 is 0 Å². The predicted octanol–water partition coefficient (Wildman–Crippen LogP) is 3.36. The average molecular weight is 258 g/mol. The normalized spacial score (nSPS) is 13.2. The van der Waals surface area contributed by atoms with Crippen LogP contribution in [0.3, 0.4) is 0 Å². The zero-order valence-electron chi connectivity index (χ0n) is 10.4. The van der Waals surface area contributed by atoms with E-state index in [9.17, 15) is 0 Å². The quantitative estimate of drug-likeness (QED) is 0.797. The van der Waals surface area contributed by atoms with Crippen LogP contribution in [0.4, 0.5) is 0 Å². The Kier molecular flexibility index (Phi) is 2.67. The number of benzene rings is 1. The van der Waals surface area contributed by atoms with Crippen LogP contribution in [0.25, 0.3) is 11.3 Å². The van der Waals surface area contributed by atoms with Crippen molar-refractivity contribution in [2.45, 2.75) is 20.3 Å². The molecule has 0 saturated carbocycles. The minimum Gasteiger partial charge on any atom is -0.492 e. The molecule has 4 heteroatoms. The Morgan fingerprint density at radius 2 is 2.11 bits per heavy atom. The number of aromatic nitrogens is 2. The molecule has 0 bridgehead atoms. The first kappa shape index (κ1) is 11.4. The molecule has 0 saturated heterocycles. The standard InChI is InChI=1S/C14H14N2OS/c1-8-9(2)14(18)16-15-12(8)11-5-3-4-10-6-7-17-13(10)11/h3-5H,6-7H2,1-2H3,(H,16,18). The number of aromatic amines is 1. The van der Waals surface area contributed by atoms with Crippen molar-refractivity contribution in [3.8, 4) is 17.0 Å². The number of nitrogens with zero attached hydrogens (tertiary/aromatic N) is 1. The Balaban J connectivity index is 2.26. The summed E-state index contributed by atoms with van der Waals surface area (Å²) in [6.45, 7) is 4.83. The van der Waals surface area contributed by atoms with E-state index in [0.29, 0.717) is 4.64 Å². The molecular formula is C14H14N2OS. The summed E-state index contributed by atoms with van der Waals surface area (Å²) in [4.78, 5) is 0. The van der Waals surface area contributed by atoms with Crippen LogP contribution >= 0.6 is 12.2 Å². The molecule has 0 fully saturated rings. The summed E-state index contributed by atoms with van der Waals surface area (Å²) >= 11 is 5.20. The third kappa shape index (κ3) is 1.64. The first-order valence-corrected chi connectivity index (χ1v) is 6.40. The van der Waals surface area contributed by atoms with E-state index in [4.69, 9.17) is 17.0 Å². The van der Waals surface area contributed by atoms with Gasteiger partial charge in [0.2, 0.25) is 0 Å². The van der Waals surface area contributed by atoms with Gasteiger partial charge in [-0.15, -0.1) is 0 Å². The predicted molar refractivity (Wildman–Crippen MR) is 73.5 cm³/mol. The minimum atomic E-state index is 0.699. The first-order valence-electron chi connectivity index (χ1n) is 5.99. The third-order valence-corrected chi connectivity index (χ3v) is 3.89. The zero-order valence-corrected chi connectivity index (χ0v) is 11.2. The maximum atomic E-state index is 5.73. The molecule has 1 aromatic heterocycles. The van der Waals surface area contributed by atoms with Gasteiger partial charge in [-0.2, -0.15) is 5.10 Å². The molecule has 0 unspecified atom stereocenters. The van der Waals surface area contributed by atoms with Crippen LogP contribution < -0.4 is 4.74 Å². The van der Waals surface area contributed by atoms with Crippen molar-refractivity contribution in [2.24, 2.45) is 0 Å². The number of hydrogen-bond donors (Lipinski definition) is 1. The highest BCUT2D eigenvalue weighted by atomic mass is 32.1. The van der Waals surface area contributed by atoms with E-state index >= 15 is 0 Å². The summed E-state index contributed by atoms with van der Waals surface area (Å²) in [5.74, 6) is 0.970. The topological polar surface area (TPSA) is 37.9 Å². The summed E-state index contributed by atoms with van der Waals surface area (Å²) in [5, 5.41) is 7.29. The summed E-state index contributed by atoms with van der Waals surface area (Å²) in [6, 6.07) is 6.22. The number of hydrogen-bond acceptors (Lipinski definition) is 3. The van der Waals surface area contributed by atoms with E-state index in [0.717, 1.165) is 41.2 Å². The van der Waals surface area contributed by atoms with Crippen molar-refractivity contribution in [3.63, 3.8) is 0 Å². The average Bonchev–Trinajstić information content (AvgIpc) is 2.84. The van der Waals surface area contributed by atoms with Gasteiger partial charge in [0.05, 0.1) is 12.3 Å². The molecule has 1 aliphatic rings. The molecule has 2 aromatic rings. The lowest BCUT2D eigenvalue weighted by molar-refractivity contribution is 0.358. The second-order valence-electron chi connectivity index (χ2n) is 4.54. The number of ether oxygens (including phenoxy) is 1. The largest absolute Gasteiger partial charge is 0.492 e. The Hall–Kier alpha value is -1.68. The number of para-hydroxylation sites is 1. The Bertz CT molecular complexity index is 676. The van der Waals surface area contributed by atoms with E-state index in [2.05, 4.69) is 35.3 Å². The van der Waals surface area contributed by atoms with Gasteiger partial charge in [0, 0.05) is 12.0 Å². The van der Waals surface area contributed by atoms with E-state index in [-0.39, 0.29) is 0 Å². The Labute approximate surface area is 111 Å². The summed E-state index contributed by atoms with van der Waals surface area (Å²) in [7, 11) is 0. The molecule has 2 heterocycles. The maximum absolute atomic E-state index is 5.73. The molecule has 0 spiro atoms. The summed E-state index contributed by atoms with van der Waals surface area (Å²) in [6.07, 6.45) is 0.976. The Morgan fingerprint density at radius 1 is 1.28 bits per heavy atom. The van der Waals surface area contributed by atoms with Gasteiger partial charge in [0.1, 0.15) is 10.4 Å². The number of rotatable bonds is 1. The second kappa shape index (κ2) is 4.21. The maximum Gasteiger partial charge on any atom is 0.132 e. The van der Waals surface area contributed by atoms with Crippen LogP contribution in [-0.2, 0) is 6.42 Å². The fraction of sp³-hybridized carbons (Fsp3) is 0.286. The molecule has 3 rings (SSSR count). The van der Waals surface area contributed by atoms with Gasteiger partial charge >= 0.3 is 0 Å². The fourth-order valence-electron chi connectivity index (χ4n) is 2.29. The van der Waals surface area contributed by atoms with Crippen LogP contribution in [0.2, 0.25) is 0 Å². The first-order chi connectivity index (χ1) is 8.68. The van der Waals surface area contributed by atoms with Crippen LogP contribution in [0.5, 0.6) is 5.75 Å². The van der Waals surface area contributed by atoms with Crippen LogP contribution in [0.15, 0.2) is 18.2 Å². The van der Waals surface area contributed by atoms with Gasteiger partial charge in [-0.3, -0.25) is 5.10 Å². The molecule has 3 nitrogen and oxygen atoms in total. The summed E-state index contributed by atoms with van der Waals surface area (Å²) in [5.41, 5.74) is 5.43. The van der Waals surface area contributed by atoms with E-state index in [1.807, 2.05) is 6.92 Å². The fourth-order valence-corrected chi connectivity index (χ4v) is 2.48. The lowest BCUT2D eigenvalue weighted by atomic mass is 10.0. The molecule has 1 aromatic carbocycles. The van der Waals surface area contributed by atoms with Crippen molar-refractivity contribution < 1.29 is 4.74 Å². The number of nitrogens with one attached hydrogen (secondary N) is 1. The van der Waals surface area contributed by atoms with Gasteiger partial charge in [-0.1, -0.05) is 24.4 Å². The second-order valence-corrected chi connectivity index (χ2v) is 4.95. The monoisotopic (exact) mass is 258 g/mol. The molecule has 92 valence electrons. The molecule has 0 atom stereocenters. The highest BCUT2D eigenvalue weighted by molar-refractivity contribution is 7.71. The Morgan fingerprint density at radius 3 is 2.94 bits per heavy atom. The summed E-state index contributed by atoms with van der Waals surface area (Å²) < 4.78 is 6.43. The van der Waals surface area contributed by atoms with Crippen molar-refractivity contribution in [3.05, 3.63) is 39.5 Å². The van der Waals surface area contributed by atoms with Crippen LogP contribution in [0, 0.1) is 18.5 Å². The SMILES string of the molecule is Cc1c(-c2cccc3c2OCC3)n[nH]c(=S)c1C. The smallest absolute Gasteiger partial charge is 0.132 e. The molecular weight excluding hydrogens is 244 g/mol. The van der Waals surface area contributed by atoms with Gasteiger partial charge in [-0.05, 0) is 36.6 Å². The van der Waals surface area contributed by atoms with Gasteiger partial charge in [0.25, 0.3) is 0 Å². The third-order valence-electron chi connectivity index (χ3n) is 3.50. The van der Waals surface area contributed by atoms with E-state index in [1.165, 1.54) is 5.56 Å². The highest BCUT2D eigenvalue weighted by Gasteiger charge is 2.19. The molecule has 0 radical (unpaired) electrons. The molecule has 0 amide bonds. The van der Waals surface area contributed by atoms with Gasteiger partial charge in [0.15, 0.2) is 0 Å². The van der Waals surface area contributed by atoms with Gasteiger partial charge < -0.3 is 4.74 Å². The van der Waals surface area contributed by atoms with Crippen LogP contribution in [0.1, 0.15) is 16.7 Å². The number of H-pyrrole nitrogens is 1. The molecule has 18 heavy (non-hydrogen) atoms. The minimum absolute atomic E-state index is 0.699. The van der Waals surface area contributed by atoms with Crippen molar-refractivity contribution in [2.75, 3.05) is 6.61 Å². The van der Waals surface area contributed by atoms with Crippen molar-refractivity contribution in [1.82, 2.24) is 10.2 Å². The van der Waals surface area contributed by atoms with Gasteiger partial charge in [-0.25, -0.2) is 0 Å².